The smallest absolute Gasteiger partial charge is 0.129 e. The van der Waals surface area contributed by atoms with Crippen molar-refractivity contribution in [1.82, 2.24) is 0 Å². The van der Waals surface area contributed by atoms with Crippen LogP contribution in [0.5, 0.6) is 11.5 Å². The number of rotatable bonds is 3. The molecule has 0 bridgehead atoms. The lowest BCUT2D eigenvalue weighted by Crippen LogP contribution is -1.93. The summed E-state index contributed by atoms with van der Waals surface area (Å²) in [4.78, 5) is 0. The maximum atomic E-state index is 5.49. The molecular weight excluding hydrogens is 280 g/mol. The molecule has 0 aliphatic carbocycles. The van der Waals surface area contributed by atoms with Gasteiger partial charge in [0.1, 0.15) is 11.5 Å². The second-order valence-electron chi connectivity index (χ2n) is 3.94. The molecule has 2 aromatic rings. The number of ether oxygens (including phenoxy) is 2. The lowest BCUT2D eigenvalue weighted by atomic mass is 10.0. The summed E-state index contributed by atoms with van der Waals surface area (Å²) in [6, 6.07) is 8.31. The van der Waals surface area contributed by atoms with E-state index in [1.54, 1.807) is 14.2 Å². The Balaban J connectivity index is 2.82. The lowest BCUT2D eigenvalue weighted by Gasteiger charge is -2.13. The number of aryl methyl sites for hydroxylation is 1. The van der Waals surface area contributed by atoms with Gasteiger partial charge in [0.15, 0.2) is 0 Å². The van der Waals surface area contributed by atoms with Crippen molar-refractivity contribution in [3.05, 3.63) is 35.4 Å². The van der Waals surface area contributed by atoms with Gasteiger partial charge >= 0.3 is 0 Å². The SMILES string of the molecule is COc1cc(C)c(OC)c2cc(CBr)ccc12. The molecule has 0 aliphatic heterocycles. The van der Waals surface area contributed by atoms with Gasteiger partial charge in [0.05, 0.1) is 14.2 Å². The first-order chi connectivity index (χ1) is 8.21. The van der Waals surface area contributed by atoms with Gasteiger partial charge in [0.2, 0.25) is 0 Å². The molecule has 17 heavy (non-hydrogen) atoms. The number of benzene rings is 2. The molecule has 0 saturated carbocycles. The quantitative estimate of drug-likeness (QED) is 0.795. The zero-order valence-corrected chi connectivity index (χ0v) is 11.8. The molecule has 0 aliphatic rings. The topological polar surface area (TPSA) is 18.5 Å². The van der Waals surface area contributed by atoms with Gasteiger partial charge in [0.25, 0.3) is 0 Å². The molecule has 0 aromatic heterocycles. The zero-order chi connectivity index (χ0) is 12.4. The average Bonchev–Trinajstić information content (AvgIpc) is 2.37. The Morgan fingerprint density at radius 3 is 2.41 bits per heavy atom. The van der Waals surface area contributed by atoms with Crippen molar-refractivity contribution in [2.45, 2.75) is 12.3 Å². The summed E-state index contributed by atoms with van der Waals surface area (Å²) in [5.74, 6) is 1.81. The standard InChI is InChI=1S/C14H15BrO2/c1-9-6-13(16-2)11-5-4-10(8-15)7-12(11)14(9)17-3/h4-7H,8H2,1-3H3. The normalized spacial score (nSPS) is 10.6. The highest BCUT2D eigenvalue weighted by molar-refractivity contribution is 9.08. The van der Waals surface area contributed by atoms with Gasteiger partial charge in [-0.15, -0.1) is 0 Å². The van der Waals surface area contributed by atoms with Gasteiger partial charge in [-0.3, -0.25) is 0 Å². The Bertz CT molecular complexity index is 549. The molecular formula is C14H15BrO2. The van der Waals surface area contributed by atoms with Crippen LogP contribution in [0.2, 0.25) is 0 Å². The van der Waals surface area contributed by atoms with Crippen LogP contribution in [-0.4, -0.2) is 14.2 Å². The van der Waals surface area contributed by atoms with E-state index in [1.165, 1.54) is 5.56 Å². The van der Waals surface area contributed by atoms with Gasteiger partial charge < -0.3 is 9.47 Å². The third-order valence-electron chi connectivity index (χ3n) is 2.88. The average molecular weight is 295 g/mol. The minimum atomic E-state index is 0.836. The maximum absolute atomic E-state index is 5.49. The first-order valence-corrected chi connectivity index (χ1v) is 6.53. The third-order valence-corrected chi connectivity index (χ3v) is 3.53. The van der Waals surface area contributed by atoms with Crippen molar-refractivity contribution in [3.8, 4) is 11.5 Å². The number of hydrogen-bond acceptors (Lipinski definition) is 2. The van der Waals surface area contributed by atoms with Crippen molar-refractivity contribution < 1.29 is 9.47 Å². The molecule has 0 heterocycles. The summed E-state index contributed by atoms with van der Waals surface area (Å²) in [7, 11) is 3.40. The van der Waals surface area contributed by atoms with E-state index in [1.807, 2.05) is 13.0 Å². The molecule has 0 N–H and O–H groups in total. The fourth-order valence-corrected chi connectivity index (χ4v) is 2.42. The van der Waals surface area contributed by atoms with Crippen LogP contribution in [-0.2, 0) is 5.33 Å². The van der Waals surface area contributed by atoms with E-state index in [2.05, 4.69) is 34.1 Å². The summed E-state index contributed by atoms with van der Waals surface area (Å²) in [6.07, 6.45) is 0. The molecule has 0 radical (unpaired) electrons. The molecule has 3 heteroatoms. The summed E-state index contributed by atoms with van der Waals surface area (Å²) in [6.45, 7) is 2.03. The number of fused-ring (bicyclic) bond motifs is 1. The zero-order valence-electron chi connectivity index (χ0n) is 10.2. The second kappa shape index (κ2) is 4.96. The minimum absolute atomic E-state index is 0.836. The van der Waals surface area contributed by atoms with Gasteiger partial charge in [-0.2, -0.15) is 0 Å². The second-order valence-corrected chi connectivity index (χ2v) is 4.50. The first-order valence-electron chi connectivity index (χ1n) is 5.41. The molecule has 2 nitrogen and oxygen atoms in total. The van der Waals surface area contributed by atoms with Crippen molar-refractivity contribution >= 4 is 26.7 Å². The number of methoxy groups -OCH3 is 2. The Kier molecular flexibility index (Phi) is 3.57. The van der Waals surface area contributed by atoms with E-state index in [0.717, 1.165) is 33.2 Å². The predicted octanol–water partition coefficient (Wildman–Crippen LogP) is 4.06. The van der Waals surface area contributed by atoms with Crippen molar-refractivity contribution in [3.63, 3.8) is 0 Å². The van der Waals surface area contributed by atoms with Crippen LogP contribution in [0, 0.1) is 6.92 Å². The van der Waals surface area contributed by atoms with Crippen LogP contribution in [0.15, 0.2) is 24.3 Å². The Morgan fingerprint density at radius 2 is 1.82 bits per heavy atom. The molecule has 0 atom stereocenters. The van der Waals surface area contributed by atoms with Crippen molar-refractivity contribution in [2.24, 2.45) is 0 Å². The van der Waals surface area contributed by atoms with Crippen molar-refractivity contribution in [2.75, 3.05) is 14.2 Å². The summed E-state index contributed by atoms with van der Waals surface area (Å²) in [5.41, 5.74) is 2.31. The van der Waals surface area contributed by atoms with Crippen LogP contribution in [0.25, 0.3) is 10.8 Å². The van der Waals surface area contributed by atoms with Crippen LogP contribution >= 0.6 is 15.9 Å². The molecule has 0 fully saturated rings. The first kappa shape index (κ1) is 12.2. The van der Waals surface area contributed by atoms with Crippen LogP contribution in [0.3, 0.4) is 0 Å². The van der Waals surface area contributed by atoms with Crippen LogP contribution < -0.4 is 9.47 Å². The minimum Gasteiger partial charge on any atom is -0.496 e. The van der Waals surface area contributed by atoms with E-state index < -0.39 is 0 Å². The Hall–Kier alpha value is -1.22. The van der Waals surface area contributed by atoms with Gasteiger partial charge in [-0.25, -0.2) is 0 Å². The van der Waals surface area contributed by atoms with E-state index in [9.17, 15) is 0 Å². The molecule has 2 aromatic carbocycles. The third kappa shape index (κ3) is 2.12. The van der Waals surface area contributed by atoms with Gasteiger partial charge in [0, 0.05) is 16.1 Å². The molecule has 0 amide bonds. The maximum Gasteiger partial charge on any atom is 0.129 e. The predicted molar refractivity (Wildman–Crippen MR) is 74.4 cm³/mol. The number of alkyl halides is 1. The summed E-state index contributed by atoms with van der Waals surface area (Å²) < 4.78 is 10.9. The number of halogens is 1. The van der Waals surface area contributed by atoms with Gasteiger partial charge in [-0.05, 0) is 30.2 Å². The molecule has 0 saturated heterocycles. The van der Waals surface area contributed by atoms with E-state index in [-0.39, 0.29) is 0 Å². The van der Waals surface area contributed by atoms with E-state index in [0.29, 0.717) is 0 Å². The molecule has 2 rings (SSSR count). The van der Waals surface area contributed by atoms with E-state index in [4.69, 9.17) is 9.47 Å². The highest BCUT2D eigenvalue weighted by Gasteiger charge is 2.11. The summed E-state index contributed by atoms with van der Waals surface area (Å²) in [5, 5.41) is 3.02. The Labute approximate surface area is 110 Å². The van der Waals surface area contributed by atoms with Crippen LogP contribution in [0.1, 0.15) is 11.1 Å². The highest BCUT2D eigenvalue weighted by Crippen LogP contribution is 2.36. The summed E-state index contributed by atoms with van der Waals surface area (Å²) >= 11 is 3.47. The lowest BCUT2D eigenvalue weighted by molar-refractivity contribution is 0.408. The van der Waals surface area contributed by atoms with Crippen LogP contribution in [0.4, 0.5) is 0 Å². The largest absolute Gasteiger partial charge is 0.496 e. The monoisotopic (exact) mass is 294 g/mol. The molecule has 0 unspecified atom stereocenters. The van der Waals surface area contributed by atoms with Gasteiger partial charge in [-0.1, -0.05) is 28.1 Å². The van der Waals surface area contributed by atoms with Crippen molar-refractivity contribution in [1.29, 1.82) is 0 Å². The molecule has 90 valence electrons. The molecule has 0 spiro atoms. The number of hydrogen-bond donors (Lipinski definition) is 0. The fourth-order valence-electron chi connectivity index (χ4n) is 2.07. The Morgan fingerprint density at radius 1 is 1.06 bits per heavy atom. The highest BCUT2D eigenvalue weighted by atomic mass is 79.9. The fraction of sp³-hybridized carbons (Fsp3) is 0.286. The van der Waals surface area contributed by atoms with E-state index >= 15 is 0 Å².